The molecular formula is C11H15BrN4S. The highest BCUT2D eigenvalue weighted by molar-refractivity contribution is 9.11. The van der Waals surface area contributed by atoms with Gasteiger partial charge in [0, 0.05) is 17.0 Å². The molecular weight excluding hydrogens is 300 g/mol. The molecule has 0 saturated carbocycles. The molecule has 0 fully saturated rings. The Labute approximate surface area is 113 Å². The third-order valence-electron chi connectivity index (χ3n) is 2.48. The summed E-state index contributed by atoms with van der Waals surface area (Å²) in [5.41, 5.74) is 0. The van der Waals surface area contributed by atoms with Crippen molar-refractivity contribution < 1.29 is 0 Å². The summed E-state index contributed by atoms with van der Waals surface area (Å²) in [5, 5.41) is 7.65. The summed E-state index contributed by atoms with van der Waals surface area (Å²) in [5.74, 6) is 0. The van der Waals surface area contributed by atoms with Gasteiger partial charge in [0.25, 0.3) is 0 Å². The second-order valence-electron chi connectivity index (χ2n) is 4.05. The molecule has 92 valence electrons. The summed E-state index contributed by atoms with van der Waals surface area (Å²) in [6.07, 6.45) is 3.30. The van der Waals surface area contributed by atoms with Gasteiger partial charge in [-0.15, -0.1) is 11.3 Å². The molecule has 1 N–H and O–H groups in total. The van der Waals surface area contributed by atoms with Crippen LogP contribution in [0.3, 0.4) is 0 Å². The third kappa shape index (κ3) is 3.62. The molecule has 17 heavy (non-hydrogen) atoms. The summed E-state index contributed by atoms with van der Waals surface area (Å²) >= 11 is 5.25. The lowest BCUT2D eigenvalue weighted by Gasteiger charge is -2.18. The Morgan fingerprint density at radius 2 is 2.29 bits per heavy atom. The van der Waals surface area contributed by atoms with Gasteiger partial charge in [-0.2, -0.15) is 5.10 Å². The molecule has 0 radical (unpaired) electrons. The maximum absolute atomic E-state index is 4.10. The van der Waals surface area contributed by atoms with Gasteiger partial charge >= 0.3 is 0 Å². The Morgan fingerprint density at radius 1 is 1.47 bits per heavy atom. The first-order valence-electron chi connectivity index (χ1n) is 5.49. The van der Waals surface area contributed by atoms with E-state index >= 15 is 0 Å². The van der Waals surface area contributed by atoms with Crippen LogP contribution in [-0.2, 0) is 6.54 Å². The minimum absolute atomic E-state index is 0.352. The average molecular weight is 315 g/mol. The van der Waals surface area contributed by atoms with Crippen molar-refractivity contribution in [3.05, 3.63) is 33.5 Å². The lowest BCUT2D eigenvalue weighted by atomic mass is 10.2. The lowest BCUT2D eigenvalue weighted by Crippen LogP contribution is -2.32. The summed E-state index contributed by atoms with van der Waals surface area (Å²) in [6.45, 7) is 5.16. The number of aromatic nitrogens is 3. The van der Waals surface area contributed by atoms with Gasteiger partial charge in [-0.1, -0.05) is 0 Å². The maximum atomic E-state index is 4.10. The molecule has 2 atom stereocenters. The van der Waals surface area contributed by atoms with Gasteiger partial charge in [-0.25, -0.2) is 4.98 Å². The molecule has 2 aromatic heterocycles. The van der Waals surface area contributed by atoms with Crippen molar-refractivity contribution in [3.8, 4) is 0 Å². The number of hydrogen-bond acceptors (Lipinski definition) is 4. The fraction of sp³-hybridized carbons (Fsp3) is 0.455. The van der Waals surface area contributed by atoms with E-state index in [1.807, 2.05) is 4.68 Å². The van der Waals surface area contributed by atoms with Crippen molar-refractivity contribution >= 4 is 27.3 Å². The Balaban J connectivity index is 1.88. The summed E-state index contributed by atoms with van der Waals surface area (Å²) in [7, 11) is 0. The Kier molecular flexibility index (Phi) is 4.31. The predicted octanol–water partition coefficient (Wildman–Crippen LogP) is 2.84. The van der Waals surface area contributed by atoms with E-state index in [-0.39, 0.29) is 0 Å². The van der Waals surface area contributed by atoms with Gasteiger partial charge in [-0.05, 0) is 41.9 Å². The number of nitrogens with one attached hydrogen (secondary N) is 1. The van der Waals surface area contributed by atoms with Crippen LogP contribution in [0.4, 0.5) is 0 Å². The molecule has 2 unspecified atom stereocenters. The third-order valence-corrected chi connectivity index (χ3v) is 4.29. The highest BCUT2D eigenvalue weighted by Crippen LogP contribution is 2.27. The van der Waals surface area contributed by atoms with Crippen molar-refractivity contribution in [2.45, 2.75) is 32.5 Å². The summed E-state index contributed by atoms with van der Waals surface area (Å²) < 4.78 is 3.01. The minimum Gasteiger partial charge on any atom is -0.305 e. The van der Waals surface area contributed by atoms with Gasteiger partial charge < -0.3 is 5.32 Å². The van der Waals surface area contributed by atoms with Crippen LogP contribution in [-0.4, -0.2) is 20.8 Å². The summed E-state index contributed by atoms with van der Waals surface area (Å²) in [4.78, 5) is 5.27. The van der Waals surface area contributed by atoms with Crippen molar-refractivity contribution in [1.29, 1.82) is 0 Å². The monoisotopic (exact) mass is 314 g/mol. The number of hydrogen-bond donors (Lipinski definition) is 1. The minimum atomic E-state index is 0.352. The molecule has 0 aliphatic heterocycles. The zero-order valence-corrected chi connectivity index (χ0v) is 12.2. The van der Waals surface area contributed by atoms with Crippen LogP contribution in [0.2, 0.25) is 0 Å². The smallest absolute Gasteiger partial charge is 0.137 e. The van der Waals surface area contributed by atoms with Crippen molar-refractivity contribution in [2.75, 3.05) is 0 Å². The highest BCUT2D eigenvalue weighted by Gasteiger charge is 2.11. The van der Waals surface area contributed by atoms with Crippen LogP contribution in [0.5, 0.6) is 0 Å². The summed E-state index contributed by atoms with van der Waals surface area (Å²) in [6, 6.07) is 4.94. The second-order valence-corrected chi connectivity index (χ2v) is 6.54. The fourth-order valence-electron chi connectivity index (χ4n) is 1.73. The van der Waals surface area contributed by atoms with Gasteiger partial charge in [-0.3, -0.25) is 4.68 Å². The first kappa shape index (κ1) is 12.7. The van der Waals surface area contributed by atoms with Crippen LogP contribution in [0, 0.1) is 0 Å². The van der Waals surface area contributed by atoms with E-state index in [0.717, 1.165) is 6.54 Å². The quantitative estimate of drug-likeness (QED) is 0.922. The first-order valence-corrected chi connectivity index (χ1v) is 7.10. The van der Waals surface area contributed by atoms with E-state index in [9.17, 15) is 0 Å². The van der Waals surface area contributed by atoms with Crippen LogP contribution in [0.15, 0.2) is 28.6 Å². The van der Waals surface area contributed by atoms with Crippen molar-refractivity contribution in [3.63, 3.8) is 0 Å². The van der Waals surface area contributed by atoms with Crippen LogP contribution in [0.25, 0.3) is 0 Å². The van der Waals surface area contributed by atoms with Gasteiger partial charge in [0.1, 0.15) is 12.7 Å². The zero-order chi connectivity index (χ0) is 12.3. The van der Waals surface area contributed by atoms with Gasteiger partial charge in [0.2, 0.25) is 0 Å². The van der Waals surface area contributed by atoms with E-state index in [0.29, 0.717) is 12.1 Å². The van der Waals surface area contributed by atoms with Crippen LogP contribution in [0.1, 0.15) is 24.8 Å². The first-order chi connectivity index (χ1) is 8.15. The average Bonchev–Trinajstić information content (AvgIpc) is 2.89. The predicted molar refractivity (Wildman–Crippen MR) is 73.1 cm³/mol. The van der Waals surface area contributed by atoms with Gasteiger partial charge in [0.05, 0.1) is 10.3 Å². The molecule has 2 rings (SSSR count). The number of halogens is 1. The molecule has 0 bridgehead atoms. The van der Waals surface area contributed by atoms with Crippen molar-refractivity contribution in [1.82, 2.24) is 20.1 Å². The zero-order valence-electron chi connectivity index (χ0n) is 9.80. The molecule has 0 amide bonds. The number of thiophene rings is 1. The van der Waals surface area contributed by atoms with E-state index in [1.165, 1.54) is 8.66 Å². The normalized spacial score (nSPS) is 14.8. The molecule has 0 aromatic carbocycles. The molecule has 6 heteroatoms. The molecule has 0 spiro atoms. The molecule has 2 heterocycles. The van der Waals surface area contributed by atoms with E-state index < -0.39 is 0 Å². The van der Waals surface area contributed by atoms with Crippen LogP contribution < -0.4 is 5.32 Å². The van der Waals surface area contributed by atoms with Crippen LogP contribution >= 0.6 is 27.3 Å². The van der Waals surface area contributed by atoms with Crippen molar-refractivity contribution in [2.24, 2.45) is 0 Å². The Hall–Kier alpha value is -0.720. The molecule has 0 aliphatic carbocycles. The SMILES string of the molecule is CC(Cn1cncn1)NC(C)c1ccc(Br)s1. The standard InChI is InChI=1S/C11H15BrN4S/c1-8(5-16-7-13-6-14-16)15-9(2)10-3-4-11(12)17-10/h3-4,6-9,15H,5H2,1-2H3. The van der Waals surface area contributed by atoms with E-state index in [1.54, 1.807) is 24.0 Å². The molecule has 4 nitrogen and oxygen atoms in total. The van der Waals surface area contributed by atoms with E-state index in [4.69, 9.17) is 0 Å². The topological polar surface area (TPSA) is 42.7 Å². The second kappa shape index (κ2) is 5.75. The van der Waals surface area contributed by atoms with Gasteiger partial charge in [0.15, 0.2) is 0 Å². The largest absolute Gasteiger partial charge is 0.305 e. The molecule has 0 aliphatic rings. The Morgan fingerprint density at radius 3 is 2.88 bits per heavy atom. The highest BCUT2D eigenvalue weighted by atomic mass is 79.9. The molecule has 0 saturated heterocycles. The fourth-order valence-corrected chi connectivity index (χ4v) is 3.17. The number of rotatable bonds is 5. The Bertz CT molecular complexity index is 454. The molecule has 2 aromatic rings. The number of nitrogens with zero attached hydrogens (tertiary/aromatic N) is 3. The van der Waals surface area contributed by atoms with E-state index in [2.05, 4.69) is 57.3 Å². The lowest BCUT2D eigenvalue weighted by molar-refractivity contribution is 0.415. The maximum Gasteiger partial charge on any atom is 0.137 e.